The van der Waals surface area contributed by atoms with E-state index < -0.39 is 0 Å². The molecule has 1 spiro atoms. The maximum atomic E-state index is 14.0. The van der Waals surface area contributed by atoms with Gasteiger partial charge in [0, 0.05) is 17.5 Å². The van der Waals surface area contributed by atoms with Crippen LogP contribution in [0.15, 0.2) is 43.2 Å². The van der Waals surface area contributed by atoms with Crippen LogP contribution in [0.1, 0.15) is 30.9 Å². The molecule has 3 heterocycles. The van der Waals surface area contributed by atoms with E-state index in [0.29, 0.717) is 12.3 Å². The second-order valence-electron chi connectivity index (χ2n) is 7.27. The van der Waals surface area contributed by atoms with Crippen molar-refractivity contribution in [1.29, 1.82) is 0 Å². The molecule has 1 aliphatic carbocycles. The number of anilines is 1. The Bertz CT molecular complexity index is 1060. The van der Waals surface area contributed by atoms with E-state index in [9.17, 15) is 4.39 Å². The highest BCUT2D eigenvalue weighted by molar-refractivity contribution is 5.74. The standard InChI is InChI=1S/C20H20FN5O/c1-12-10-22-13(2)15-11-23-26-8-5-18(24-19(15)26)25-20(6-7-20)16-9-14(21)3-4-17(16)27-12/h3-5,8-9,11-12,22H,2,6-7,10H2,1H3,(H,24,25)/t12-/m0/s1. The van der Waals surface area contributed by atoms with Crippen molar-refractivity contribution in [3.63, 3.8) is 0 Å². The molecule has 1 aromatic carbocycles. The number of aromatic nitrogens is 3. The SMILES string of the molecule is C=C1NC[C@H](C)Oc2ccc(F)cc2C2(CC2)Nc2ccn3ncc1c3n2. The molecule has 1 fully saturated rings. The number of nitrogens with one attached hydrogen (secondary N) is 2. The maximum absolute atomic E-state index is 14.0. The summed E-state index contributed by atoms with van der Waals surface area (Å²) in [7, 11) is 0. The van der Waals surface area contributed by atoms with Gasteiger partial charge in [-0.25, -0.2) is 13.9 Å². The van der Waals surface area contributed by atoms with E-state index in [1.54, 1.807) is 22.8 Å². The molecule has 2 N–H and O–H groups in total. The third kappa shape index (κ3) is 2.70. The van der Waals surface area contributed by atoms with Crippen LogP contribution in [0.4, 0.5) is 10.2 Å². The van der Waals surface area contributed by atoms with Crippen LogP contribution >= 0.6 is 0 Å². The Hall–Kier alpha value is -3.09. The fraction of sp³-hybridized carbons (Fsp3) is 0.300. The van der Waals surface area contributed by atoms with Crippen molar-refractivity contribution >= 4 is 17.2 Å². The number of ether oxygens (including phenoxy) is 1. The number of hydrogen-bond acceptors (Lipinski definition) is 5. The van der Waals surface area contributed by atoms with Crippen LogP contribution in [0, 0.1) is 5.82 Å². The molecule has 2 bridgehead atoms. The summed E-state index contributed by atoms with van der Waals surface area (Å²) < 4.78 is 21.9. The zero-order chi connectivity index (χ0) is 18.6. The summed E-state index contributed by atoms with van der Waals surface area (Å²) in [5.74, 6) is 1.15. The van der Waals surface area contributed by atoms with E-state index in [1.807, 2.05) is 19.2 Å². The van der Waals surface area contributed by atoms with E-state index in [-0.39, 0.29) is 17.5 Å². The molecule has 0 unspecified atom stereocenters. The van der Waals surface area contributed by atoms with E-state index in [1.165, 1.54) is 6.07 Å². The molecule has 0 saturated heterocycles. The van der Waals surface area contributed by atoms with Crippen LogP contribution < -0.4 is 15.4 Å². The smallest absolute Gasteiger partial charge is 0.166 e. The maximum Gasteiger partial charge on any atom is 0.166 e. The van der Waals surface area contributed by atoms with Crippen molar-refractivity contribution in [2.24, 2.45) is 0 Å². The van der Waals surface area contributed by atoms with Crippen molar-refractivity contribution in [2.45, 2.75) is 31.4 Å². The van der Waals surface area contributed by atoms with Crippen molar-refractivity contribution in [3.8, 4) is 5.75 Å². The summed E-state index contributed by atoms with van der Waals surface area (Å²) in [5.41, 5.74) is 2.79. The van der Waals surface area contributed by atoms with E-state index in [2.05, 4.69) is 22.3 Å². The van der Waals surface area contributed by atoms with Gasteiger partial charge in [-0.05, 0) is 44.0 Å². The van der Waals surface area contributed by atoms with Crippen molar-refractivity contribution in [1.82, 2.24) is 19.9 Å². The molecule has 7 heteroatoms. The van der Waals surface area contributed by atoms with Gasteiger partial charge in [0.1, 0.15) is 23.5 Å². The molecule has 27 heavy (non-hydrogen) atoms. The summed E-state index contributed by atoms with van der Waals surface area (Å²) >= 11 is 0. The Morgan fingerprint density at radius 1 is 1.33 bits per heavy atom. The number of nitrogens with zero attached hydrogens (tertiary/aromatic N) is 3. The second-order valence-corrected chi connectivity index (χ2v) is 7.27. The highest BCUT2D eigenvalue weighted by Gasteiger charge is 2.47. The van der Waals surface area contributed by atoms with Crippen LogP contribution in [0.2, 0.25) is 0 Å². The summed E-state index contributed by atoms with van der Waals surface area (Å²) in [6, 6.07) is 6.59. The lowest BCUT2D eigenvalue weighted by atomic mass is 10.0. The molecule has 2 aromatic heterocycles. The monoisotopic (exact) mass is 365 g/mol. The van der Waals surface area contributed by atoms with Crippen molar-refractivity contribution < 1.29 is 9.13 Å². The summed E-state index contributed by atoms with van der Waals surface area (Å²) in [6.45, 7) is 6.66. The molecule has 1 aliphatic heterocycles. The first-order chi connectivity index (χ1) is 13.0. The lowest BCUT2D eigenvalue weighted by molar-refractivity contribution is 0.220. The first-order valence-electron chi connectivity index (χ1n) is 9.06. The van der Waals surface area contributed by atoms with Crippen LogP contribution in [-0.2, 0) is 5.54 Å². The molecule has 1 atom stereocenters. The van der Waals surface area contributed by atoms with E-state index in [4.69, 9.17) is 9.72 Å². The normalized spacial score (nSPS) is 20.7. The average molecular weight is 365 g/mol. The topological polar surface area (TPSA) is 63.5 Å². The van der Waals surface area contributed by atoms with Gasteiger partial charge in [-0.1, -0.05) is 6.58 Å². The van der Waals surface area contributed by atoms with E-state index in [0.717, 1.165) is 41.1 Å². The van der Waals surface area contributed by atoms with Gasteiger partial charge in [0.15, 0.2) is 5.65 Å². The van der Waals surface area contributed by atoms with Gasteiger partial charge in [-0.2, -0.15) is 5.10 Å². The molecule has 138 valence electrons. The average Bonchev–Trinajstić information content (AvgIpc) is 3.30. The van der Waals surface area contributed by atoms with Gasteiger partial charge in [-0.3, -0.25) is 0 Å². The third-order valence-electron chi connectivity index (χ3n) is 5.20. The number of benzene rings is 1. The van der Waals surface area contributed by atoms with Gasteiger partial charge in [0.2, 0.25) is 0 Å². The highest BCUT2D eigenvalue weighted by atomic mass is 19.1. The Labute approximate surface area is 156 Å². The molecule has 0 radical (unpaired) electrons. The van der Waals surface area contributed by atoms with Gasteiger partial charge in [-0.15, -0.1) is 0 Å². The molecule has 3 aromatic rings. The minimum atomic E-state index is -0.360. The van der Waals surface area contributed by atoms with Gasteiger partial charge >= 0.3 is 0 Å². The molecular weight excluding hydrogens is 345 g/mol. The predicted octanol–water partition coefficient (Wildman–Crippen LogP) is 3.31. The minimum Gasteiger partial charge on any atom is -0.489 e. The molecule has 5 rings (SSSR count). The first kappa shape index (κ1) is 16.1. The number of hydrogen-bond donors (Lipinski definition) is 2. The van der Waals surface area contributed by atoms with Crippen LogP contribution in [0.25, 0.3) is 11.3 Å². The molecule has 2 aliphatic rings. The van der Waals surface area contributed by atoms with Crippen LogP contribution in [-0.4, -0.2) is 27.2 Å². The Morgan fingerprint density at radius 2 is 2.19 bits per heavy atom. The Balaban J connectivity index is 1.66. The minimum absolute atomic E-state index is 0.121. The first-order valence-corrected chi connectivity index (χ1v) is 9.06. The molecule has 6 nitrogen and oxygen atoms in total. The summed E-state index contributed by atoms with van der Waals surface area (Å²) in [5, 5.41) is 11.1. The summed E-state index contributed by atoms with van der Waals surface area (Å²) in [4.78, 5) is 4.73. The lowest BCUT2D eigenvalue weighted by Gasteiger charge is -2.24. The van der Waals surface area contributed by atoms with Crippen LogP contribution in [0.3, 0.4) is 0 Å². The predicted molar refractivity (Wildman–Crippen MR) is 101 cm³/mol. The molecule has 0 amide bonds. The number of rotatable bonds is 0. The van der Waals surface area contributed by atoms with Gasteiger partial charge in [0.05, 0.1) is 23.8 Å². The fourth-order valence-corrected chi connectivity index (χ4v) is 3.58. The van der Waals surface area contributed by atoms with E-state index >= 15 is 0 Å². The third-order valence-corrected chi connectivity index (χ3v) is 5.20. The summed E-state index contributed by atoms with van der Waals surface area (Å²) in [6.07, 6.45) is 5.28. The Morgan fingerprint density at radius 3 is 3.00 bits per heavy atom. The van der Waals surface area contributed by atoms with Crippen molar-refractivity contribution in [2.75, 3.05) is 11.9 Å². The Kier molecular flexibility index (Phi) is 3.40. The largest absolute Gasteiger partial charge is 0.489 e. The second kappa shape index (κ2) is 5.70. The van der Waals surface area contributed by atoms with Gasteiger partial charge in [0.25, 0.3) is 0 Å². The van der Waals surface area contributed by atoms with Gasteiger partial charge < -0.3 is 15.4 Å². The zero-order valence-corrected chi connectivity index (χ0v) is 15.0. The highest BCUT2D eigenvalue weighted by Crippen LogP contribution is 2.51. The quantitative estimate of drug-likeness (QED) is 0.640. The van der Waals surface area contributed by atoms with Crippen LogP contribution in [0.5, 0.6) is 5.75 Å². The zero-order valence-electron chi connectivity index (χ0n) is 15.0. The molecular formula is C20H20FN5O. The fourth-order valence-electron chi connectivity index (χ4n) is 3.58. The van der Waals surface area contributed by atoms with Crippen molar-refractivity contribution in [3.05, 3.63) is 60.2 Å². The number of fused-ring (bicyclic) bond motifs is 3. The number of halogens is 1. The molecule has 1 saturated carbocycles. The lowest BCUT2D eigenvalue weighted by Crippen LogP contribution is -2.29.